The Morgan fingerprint density at radius 1 is 1.31 bits per heavy atom. The molecule has 68 valence electrons. The molecule has 0 radical (unpaired) electrons. The summed E-state index contributed by atoms with van der Waals surface area (Å²) < 4.78 is 18.7. The molecular weight excluding hydrogens is 186 g/mol. The molecule has 0 aliphatic carbocycles. The van der Waals surface area contributed by atoms with Gasteiger partial charge in [0.15, 0.2) is 0 Å². The summed E-state index contributed by atoms with van der Waals surface area (Å²) in [5.41, 5.74) is 1.82. The Morgan fingerprint density at radius 2 is 1.85 bits per heavy atom. The van der Waals surface area contributed by atoms with Crippen molar-refractivity contribution in [3.8, 4) is 0 Å². The molecule has 1 aromatic rings. The monoisotopic (exact) mass is 195 g/mol. The molecule has 0 saturated heterocycles. The van der Waals surface area contributed by atoms with Crippen LogP contribution in [0.1, 0.15) is 5.56 Å². The maximum absolute atomic E-state index is 9.33. The summed E-state index contributed by atoms with van der Waals surface area (Å²) >= 11 is 0. The highest BCUT2D eigenvalue weighted by atomic mass is 32.2. The second-order valence-electron chi connectivity index (χ2n) is 2.15. The van der Waals surface area contributed by atoms with Gasteiger partial charge in [-0.1, -0.05) is 35.9 Å². The van der Waals surface area contributed by atoms with Crippen LogP contribution < -0.4 is 0 Å². The van der Waals surface area contributed by atoms with E-state index in [1.54, 1.807) is 0 Å². The molecule has 0 aromatic heterocycles. The van der Waals surface area contributed by atoms with E-state index in [2.05, 4.69) is 23.9 Å². The topological polar surface area (TPSA) is 38.5 Å². The molecule has 0 saturated carbocycles. The van der Waals surface area contributed by atoms with Crippen molar-refractivity contribution in [3.63, 3.8) is 0 Å². The molecule has 0 N–H and O–H groups in total. The van der Waals surface area contributed by atoms with Crippen LogP contribution in [0.4, 0.5) is 0 Å². The van der Waals surface area contributed by atoms with Gasteiger partial charge in [-0.05, 0) is 6.92 Å². The van der Waals surface area contributed by atoms with Crippen molar-refractivity contribution in [2.45, 2.75) is 6.92 Å². The standard InChI is InChI=1S/C7H8.C2HNO2S/c1-7-5-3-2-4-6-7;1-3-2-6(4)5/h2-6H,1H3;2H. The van der Waals surface area contributed by atoms with Crippen molar-refractivity contribution in [1.29, 1.82) is 0 Å². The molecular formula is C9H9NO2S. The highest BCUT2D eigenvalue weighted by Gasteiger charge is 1.72. The summed E-state index contributed by atoms with van der Waals surface area (Å²) in [5.74, 6) is 0. The Hall–Kier alpha value is -1.60. The van der Waals surface area contributed by atoms with Crippen molar-refractivity contribution >= 4 is 15.8 Å². The molecule has 0 unspecified atom stereocenters. The highest BCUT2D eigenvalue weighted by molar-refractivity contribution is 7.71. The second-order valence-corrected chi connectivity index (χ2v) is 2.88. The normalized spacial score (nSPS) is 7.38. The molecule has 0 heterocycles. The molecule has 1 rings (SSSR count). The lowest BCUT2D eigenvalue weighted by atomic mass is 10.2. The molecule has 4 heteroatoms. The smallest absolute Gasteiger partial charge is 0.229 e. The Balaban J connectivity index is 0.000000226. The zero-order valence-corrected chi connectivity index (χ0v) is 7.95. The number of nitrogens with zero attached hydrogens (tertiary/aromatic N) is 1. The van der Waals surface area contributed by atoms with Gasteiger partial charge in [0, 0.05) is 0 Å². The lowest BCUT2D eigenvalue weighted by Crippen LogP contribution is -1.62. The SMILES string of the molecule is Cc1ccccc1.[C-]#[N+]C=S(=O)=O. The quantitative estimate of drug-likeness (QED) is 0.465. The molecule has 3 nitrogen and oxygen atoms in total. The number of aryl methyl sites for hydroxylation is 1. The van der Waals surface area contributed by atoms with Crippen LogP contribution in [0, 0.1) is 13.5 Å². The first-order valence-electron chi connectivity index (χ1n) is 3.46. The summed E-state index contributed by atoms with van der Waals surface area (Å²) in [7, 11) is -2.29. The van der Waals surface area contributed by atoms with E-state index in [9.17, 15) is 8.42 Å². The third kappa shape index (κ3) is 8.30. The average molecular weight is 195 g/mol. The van der Waals surface area contributed by atoms with Crippen molar-refractivity contribution in [1.82, 2.24) is 0 Å². The molecule has 0 aliphatic heterocycles. The Bertz CT molecular complexity index is 393. The van der Waals surface area contributed by atoms with E-state index in [-0.39, 0.29) is 0 Å². The van der Waals surface area contributed by atoms with Crippen LogP contribution in [0.15, 0.2) is 30.3 Å². The van der Waals surface area contributed by atoms with Crippen molar-refractivity contribution in [3.05, 3.63) is 47.3 Å². The van der Waals surface area contributed by atoms with Crippen LogP contribution in [0.3, 0.4) is 0 Å². The number of hydrogen-bond donors (Lipinski definition) is 0. The molecule has 0 fully saturated rings. The van der Waals surface area contributed by atoms with Gasteiger partial charge in [0.05, 0.1) is 6.57 Å². The van der Waals surface area contributed by atoms with E-state index in [0.717, 1.165) is 0 Å². The fraction of sp³-hybridized carbons (Fsp3) is 0.111. The Morgan fingerprint density at radius 3 is 2.00 bits per heavy atom. The van der Waals surface area contributed by atoms with Crippen LogP contribution in [0.5, 0.6) is 0 Å². The minimum Gasteiger partial charge on any atom is -0.229 e. The van der Waals surface area contributed by atoms with E-state index in [1.165, 1.54) is 5.56 Å². The van der Waals surface area contributed by atoms with Gasteiger partial charge >= 0.3 is 0 Å². The van der Waals surface area contributed by atoms with E-state index < -0.39 is 10.3 Å². The summed E-state index contributed by atoms with van der Waals surface area (Å²) in [6, 6.07) is 10.3. The van der Waals surface area contributed by atoms with E-state index >= 15 is 0 Å². The molecule has 0 spiro atoms. The number of rotatable bonds is 0. The molecule has 1 aromatic carbocycles. The lowest BCUT2D eigenvalue weighted by Gasteiger charge is -1.82. The van der Waals surface area contributed by atoms with Crippen LogP contribution >= 0.6 is 0 Å². The summed E-state index contributed by atoms with van der Waals surface area (Å²) in [6.07, 6.45) is 0. The van der Waals surface area contributed by atoms with E-state index in [0.29, 0.717) is 5.49 Å². The molecule has 0 atom stereocenters. The fourth-order valence-corrected chi connectivity index (χ4v) is 0.663. The minimum absolute atomic E-state index is 0.500. The van der Waals surface area contributed by atoms with Crippen molar-refractivity contribution in [2.24, 2.45) is 0 Å². The maximum Gasteiger partial charge on any atom is 0.270 e. The van der Waals surface area contributed by atoms with Gasteiger partial charge in [-0.15, -0.1) is 0 Å². The van der Waals surface area contributed by atoms with Gasteiger partial charge in [-0.3, -0.25) is 0 Å². The summed E-state index contributed by atoms with van der Waals surface area (Å²) in [4.78, 5) is 2.45. The summed E-state index contributed by atoms with van der Waals surface area (Å²) in [6.45, 7) is 7.99. The zero-order valence-electron chi connectivity index (χ0n) is 7.14. The van der Waals surface area contributed by atoms with Crippen molar-refractivity contribution < 1.29 is 8.42 Å². The number of hydrogen-bond acceptors (Lipinski definition) is 2. The van der Waals surface area contributed by atoms with Crippen LogP contribution in [0.2, 0.25) is 0 Å². The predicted molar refractivity (Wildman–Crippen MR) is 52.8 cm³/mol. The molecule has 0 bridgehead atoms. The van der Waals surface area contributed by atoms with Gasteiger partial charge in [0.25, 0.3) is 5.49 Å². The first-order valence-corrected chi connectivity index (χ1v) is 4.60. The van der Waals surface area contributed by atoms with E-state index in [1.807, 2.05) is 18.2 Å². The van der Waals surface area contributed by atoms with Gasteiger partial charge in [-0.2, -0.15) is 8.42 Å². The Kier molecular flexibility index (Phi) is 6.20. The maximum atomic E-state index is 9.33. The third-order valence-electron chi connectivity index (χ3n) is 1.08. The largest absolute Gasteiger partial charge is 0.270 e. The average Bonchev–Trinajstić information content (AvgIpc) is 2.06. The molecule has 0 aliphatic rings. The predicted octanol–water partition coefficient (Wildman–Crippen LogP) is 1.54. The lowest BCUT2D eigenvalue weighted by molar-refractivity contribution is 0.627. The van der Waals surface area contributed by atoms with Crippen LogP contribution in [-0.4, -0.2) is 13.9 Å². The van der Waals surface area contributed by atoms with Gasteiger partial charge in [0.2, 0.25) is 10.3 Å². The van der Waals surface area contributed by atoms with Crippen LogP contribution in [0.25, 0.3) is 4.85 Å². The molecule has 0 amide bonds. The number of benzene rings is 1. The first kappa shape index (κ1) is 11.4. The Labute approximate surface area is 79.0 Å². The highest BCUT2D eigenvalue weighted by Crippen LogP contribution is 1.92. The van der Waals surface area contributed by atoms with Gasteiger partial charge in [-0.25, -0.2) is 4.85 Å². The van der Waals surface area contributed by atoms with Crippen LogP contribution in [-0.2, 0) is 10.3 Å². The van der Waals surface area contributed by atoms with Crippen molar-refractivity contribution in [2.75, 3.05) is 0 Å². The minimum atomic E-state index is -2.29. The summed E-state index contributed by atoms with van der Waals surface area (Å²) in [5, 5.41) is 0. The fourth-order valence-electron chi connectivity index (χ4n) is 0.577. The zero-order chi connectivity index (χ0) is 10.1. The first-order chi connectivity index (χ1) is 6.16. The third-order valence-corrected chi connectivity index (χ3v) is 1.36. The van der Waals surface area contributed by atoms with E-state index in [4.69, 9.17) is 6.57 Å². The molecule has 13 heavy (non-hydrogen) atoms. The van der Waals surface area contributed by atoms with Gasteiger partial charge < -0.3 is 0 Å². The second kappa shape index (κ2) is 7.07. The van der Waals surface area contributed by atoms with Gasteiger partial charge in [0.1, 0.15) is 0 Å².